The molecule has 2 aromatic carbocycles. The number of piperazine rings is 1. The van der Waals surface area contributed by atoms with Gasteiger partial charge in [-0.25, -0.2) is 0 Å². The van der Waals surface area contributed by atoms with E-state index in [1.54, 1.807) is 25.3 Å². The number of para-hydroxylation sites is 1. The largest absolute Gasteiger partial charge is 0.495 e. The first-order chi connectivity index (χ1) is 13.0. The molecule has 0 saturated carbocycles. The van der Waals surface area contributed by atoms with Crippen LogP contribution in [0.15, 0.2) is 42.5 Å². The highest BCUT2D eigenvalue weighted by Gasteiger charge is 2.30. The molecule has 0 aromatic heterocycles. The van der Waals surface area contributed by atoms with Crippen LogP contribution in [-0.4, -0.2) is 45.2 Å². The van der Waals surface area contributed by atoms with E-state index in [0.29, 0.717) is 16.5 Å². The lowest BCUT2D eigenvalue weighted by Crippen LogP contribution is -3.19. The Bertz CT molecular complexity index is 808. The number of carbonyl (C=O) groups excluding carboxylic acids is 1. The second kappa shape index (κ2) is 8.83. The standard InChI is InChI=1S/C20H23Cl2N3O2/c1-14(20(26)23-17-13-15(21)7-8-19(17)27-2)24-9-11-25(12-10-24)18-6-4-3-5-16(18)22/h3-8,13-14H,9-12H2,1-2H3,(H,23,26)/p+1/t14-/m1/s1. The maximum Gasteiger partial charge on any atom is 0.282 e. The average molecular weight is 409 g/mol. The third-order valence-electron chi connectivity index (χ3n) is 5.02. The van der Waals surface area contributed by atoms with Gasteiger partial charge < -0.3 is 19.9 Å². The number of nitrogens with zero attached hydrogens (tertiary/aromatic N) is 1. The van der Waals surface area contributed by atoms with Crippen LogP contribution in [-0.2, 0) is 4.79 Å². The fraction of sp³-hybridized carbons (Fsp3) is 0.350. The van der Waals surface area contributed by atoms with E-state index in [-0.39, 0.29) is 11.9 Å². The van der Waals surface area contributed by atoms with Crippen molar-refractivity contribution >= 4 is 40.5 Å². The SMILES string of the molecule is COc1ccc(Cl)cc1NC(=O)[C@@H](C)[NH+]1CCN(c2ccccc2Cl)CC1. The number of nitrogens with one attached hydrogen (secondary N) is 2. The van der Waals surface area contributed by atoms with Gasteiger partial charge in [0, 0.05) is 5.02 Å². The Morgan fingerprint density at radius 3 is 2.56 bits per heavy atom. The molecule has 2 N–H and O–H groups in total. The van der Waals surface area contributed by atoms with Crippen molar-refractivity contribution in [1.29, 1.82) is 0 Å². The minimum atomic E-state index is -0.179. The summed E-state index contributed by atoms with van der Waals surface area (Å²) >= 11 is 12.3. The van der Waals surface area contributed by atoms with E-state index < -0.39 is 0 Å². The fourth-order valence-corrected chi connectivity index (χ4v) is 3.81. The highest BCUT2D eigenvalue weighted by atomic mass is 35.5. The predicted molar refractivity (Wildman–Crippen MR) is 110 cm³/mol. The Kier molecular flexibility index (Phi) is 6.47. The molecule has 1 aliphatic rings. The van der Waals surface area contributed by atoms with Gasteiger partial charge >= 0.3 is 0 Å². The van der Waals surface area contributed by atoms with Gasteiger partial charge in [0.2, 0.25) is 0 Å². The molecule has 3 rings (SSSR count). The lowest BCUT2D eigenvalue weighted by Gasteiger charge is -2.36. The van der Waals surface area contributed by atoms with Crippen molar-refractivity contribution < 1.29 is 14.4 Å². The lowest BCUT2D eigenvalue weighted by atomic mass is 10.2. The Morgan fingerprint density at radius 1 is 1.19 bits per heavy atom. The number of hydrogen-bond donors (Lipinski definition) is 2. The Labute approximate surface area is 169 Å². The number of benzene rings is 2. The van der Waals surface area contributed by atoms with E-state index >= 15 is 0 Å². The summed E-state index contributed by atoms with van der Waals surface area (Å²) in [6, 6.07) is 12.9. The predicted octanol–water partition coefficient (Wildman–Crippen LogP) is 2.73. The number of quaternary nitrogens is 1. The quantitative estimate of drug-likeness (QED) is 0.799. The third-order valence-corrected chi connectivity index (χ3v) is 5.58. The molecule has 1 heterocycles. The van der Waals surface area contributed by atoms with Crippen molar-refractivity contribution in [3.05, 3.63) is 52.5 Å². The highest BCUT2D eigenvalue weighted by Crippen LogP contribution is 2.28. The van der Waals surface area contributed by atoms with E-state index in [0.717, 1.165) is 36.9 Å². The van der Waals surface area contributed by atoms with Crippen LogP contribution in [0, 0.1) is 0 Å². The van der Waals surface area contributed by atoms with Gasteiger partial charge in [0.05, 0.1) is 49.7 Å². The highest BCUT2D eigenvalue weighted by molar-refractivity contribution is 6.33. The summed E-state index contributed by atoms with van der Waals surface area (Å²) in [5, 5.41) is 4.27. The van der Waals surface area contributed by atoms with E-state index in [1.807, 2.05) is 31.2 Å². The summed E-state index contributed by atoms with van der Waals surface area (Å²) < 4.78 is 5.30. The zero-order chi connectivity index (χ0) is 19.4. The van der Waals surface area contributed by atoms with Gasteiger partial charge in [0.25, 0.3) is 5.91 Å². The second-order valence-corrected chi connectivity index (χ2v) is 7.50. The molecule has 2 aromatic rings. The second-order valence-electron chi connectivity index (χ2n) is 6.65. The summed E-state index contributed by atoms with van der Waals surface area (Å²) in [6.45, 7) is 5.40. The summed E-state index contributed by atoms with van der Waals surface area (Å²) in [5.74, 6) is 0.551. The molecule has 5 nitrogen and oxygen atoms in total. The number of hydrogen-bond acceptors (Lipinski definition) is 3. The minimum absolute atomic E-state index is 0.0447. The summed E-state index contributed by atoms with van der Waals surface area (Å²) in [5.41, 5.74) is 1.65. The third kappa shape index (κ3) is 4.67. The number of carbonyl (C=O) groups is 1. The Morgan fingerprint density at radius 2 is 1.89 bits per heavy atom. The van der Waals surface area contributed by atoms with Crippen LogP contribution in [0.2, 0.25) is 10.0 Å². The van der Waals surface area contributed by atoms with Gasteiger partial charge in [-0.2, -0.15) is 0 Å². The van der Waals surface area contributed by atoms with Crippen molar-refractivity contribution in [3.8, 4) is 5.75 Å². The first kappa shape index (κ1) is 19.8. The molecule has 0 spiro atoms. The van der Waals surface area contributed by atoms with Crippen LogP contribution in [0.3, 0.4) is 0 Å². The van der Waals surface area contributed by atoms with Crippen LogP contribution in [0.4, 0.5) is 11.4 Å². The maximum atomic E-state index is 12.7. The van der Waals surface area contributed by atoms with E-state index in [1.165, 1.54) is 4.90 Å². The number of amides is 1. The molecule has 0 radical (unpaired) electrons. The first-order valence-electron chi connectivity index (χ1n) is 8.98. The van der Waals surface area contributed by atoms with Gasteiger partial charge in [-0.15, -0.1) is 0 Å². The number of rotatable bonds is 5. The molecule has 1 atom stereocenters. The topological polar surface area (TPSA) is 46.0 Å². The zero-order valence-corrected chi connectivity index (χ0v) is 17.0. The van der Waals surface area contributed by atoms with Gasteiger partial charge in [-0.3, -0.25) is 4.79 Å². The van der Waals surface area contributed by atoms with Crippen LogP contribution >= 0.6 is 23.2 Å². The Hall–Kier alpha value is -1.95. The van der Waals surface area contributed by atoms with Crippen molar-refractivity contribution in [2.75, 3.05) is 43.5 Å². The summed E-state index contributed by atoms with van der Waals surface area (Å²) in [6.07, 6.45) is 0. The number of anilines is 2. The zero-order valence-electron chi connectivity index (χ0n) is 15.5. The molecule has 27 heavy (non-hydrogen) atoms. The maximum absolute atomic E-state index is 12.7. The average Bonchev–Trinajstić information content (AvgIpc) is 2.68. The molecule has 0 unspecified atom stereocenters. The van der Waals surface area contributed by atoms with Crippen LogP contribution in [0.1, 0.15) is 6.92 Å². The van der Waals surface area contributed by atoms with Gasteiger partial charge in [0.1, 0.15) is 5.75 Å². The van der Waals surface area contributed by atoms with E-state index in [2.05, 4.69) is 10.2 Å². The van der Waals surface area contributed by atoms with Gasteiger partial charge in [-0.1, -0.05) is 35.3 Å². The molecule has 7 heteroatoms. The molecule has 1 saturated heterocycles. The van der Waals surface area contributed by atoms with Crippen molar-refractivity contribution in [2.45, 2.75) is 13.0 Å². The lowest BCUT2D eigenvalue weighted by molar-refractivity contribution is -0.914. The van der Waals surface area contributed by atoms with E-state index in [4.69, 9.17) is 27.9 Å². The van der Waals surface area contributed by atoms with Crippen molar-refractivity contribution in [1.82, 2.24) is 0 Å². The molecule has 1 amide bonds. The van der Waals surface area contributed by atoms with Crippen LogP contribution in [0.25, 0.3) is 0 Å². The molecular weight excluding hydrogens is 385 g/mol. The molecule has 1 aliphatic heterocycles. The van der Waals surface area contributed by atoms with E-state index in [9.17, 15) is 4.79 Å². The smallest absolute Gasteiger partial charge is 0.282 e. The minimum Gasteiger partial charge on any atom is -0.495 e. The number of ether oxygens (including phenoxy) is 1. The monoisotopic (exact) mass is 408 g/mol. The molecule has 0 bridgehead atoms. The summed E-state index contributed by atoms with van der Waals surface area (Å²) in [7, 11) is 1.57. The fourth-order valence-electron chi connectivity index (χ4n) is 3.38. The number of halogens is 2. The Balaban J connectivity index is 1.61. The molecular formula is C20H24Cl2N3O2+. The van der Waals surface area contributed by atoms with Crippen LogP contribution in [0.5, 0.6) is 5.75 Å². The normalized spacial score (nSPS) is 16.1. The van der Waals surface area contributed by atoms with Crippen molar-refractivity contribution in [3.63, 3.8) is 0 Å². The van der Waals surface area contributed by atoms with Gasteiger partial charge in [-0.05, 0) is 37.3 Å². The number of methoxy groups -OCH3 is 1. The molecule has 1 fully saturated rings. The van der Waals surface area contributed by atoms with Crippen molar-refractivity contribution in [2.24, 2.45) is 0 Å². The molecule has 0 aliphatic carbocycles. The first-order valence-corrected chi connectivity index (χ1v) is 9.73. The summed E-state index contributed by atoms with van der Waals surface area (Å²) in [4.78, 5) is 16.3. The van der Waals surface area contributed by atoms with Crippen LogP contribution < -0.4 is 19.9 Å². The molecule has 144 valence electrons. The van der Waals surface area contributed by atoms with Gasteiger partial charge in [0.15, 0.2) is 6.04 Å².